The molecule has 0 saturated carbocycles. The van der Waals surface area contributed by atoms with E-state index in [9.17, 15) is 4.79 Å². The first-order chi connectivity index (χ1) is 11.7. The summed E-state index contributed by atoms with van der Waals surface area (Å²) >= 11 is 0. The van der Waals surface area contributed by atoms with Gasteiger partial charge in [0.25, 0.3) is 5.91 Å². The van der Waals surface area contributed by atoms with Crippen LogP contribution in [0.1, 0.15) is 45.2 Å². The number of rotatable bonds is 2. The molecule has 1 amide bonds. The number of nitrogens with one attached hydrogen (secondary N) is 1. The van der Waals surface area contributed by atoms with E-state index in [0.29, 0.717) is 11.3 Å². The third-order valence-corrected chi connectivity index (χ3v) is 4.54. The lowest BCUT2D eigenvalue weighted by molar-refractivity contribution is 0.0931. The van der Waals surface area contributed by atoms with Crippen LogP contribution in [-0.4, -0.2) is 15.3 Å². The average molecular weight is 316 g/mol. The number of hydrogen-bond donors (Lipinski definition) is 1. The average Bonchev–Trinajstić information content (AvgIpc) is 3.18. The van der Waals surface area contributed by atoms with E-state index in [4.69, 9.17) is 5.26 Å². The minimum Gasteiger partial charge on any atom is -0.344 e. The highest BCUT2D eigenvalue weighted by molar-refractivity contribution is 5.93. The summed E-state index contributed by atoms with van der Waals surface area (Å²) in [6, 6.07) is 11.7. The van der Waals surface area contributed by atoms with Gasteiger partial charge in [0.1, 0.15) is 11.3 Å². The maximum atomic E-state index is 12.7. The van der Waals surface area contributed by atoms with Crippen molar-refractivity contribution >= 4 is 11.6 Å². The summed E-state index contributed by atoms with van der Waals surface area (Å²) < 4.78 is 1.82. The predicted octanol–water partition coefficient (Wildman–Crippen LogP) is 2.93. The van der Waals surface area contributed by atoms with Crippen LogP contribution < -0.4 is 5.32 Å². The minimum atomic E-state index is -0.129. The van der Waals surface area contributed by atoms with Crippen LogP contribution in [0.25, 0.3) is 5.65 Å². The number of imidazole rings is 1. The monoisotopic (exact) mass is 316 g/mol. The highest BCUT2D eigenvalue weighted by Crippen LogP contribution is 2.31. The van der Waals surface area contributed by atoms with Crippen molar-refractivity contribution in [1.82, 2.24) is 14.7 Å². The Labute approximate surface area is 139 Å². The van der Waals surface area contributed by atoms with Crippen LogP contribution in [0, 0.1) is 18.3 Å². The van der Waals surface area contributed by atoms with E-state index in [0.717, 1.165) is 35.2 Å². The number of aromatic nitrogens is 2. The second-order valence-electron chi connectivity index (χ2n) is 6.17. The van der Waals surface area contributed by atoms with Gasteiger partial charge in [0.2, 0.25) is 0 Å². The van der Waals surface area contributed by atoms with Crippen LogP contribution in [0.2, 0.25) is 0 Å². The van der Waals surface area contributed by atoms with E-state index in [1.165, 1.54) is 0 Å². The molecule has 24 heavy (non-hydrogen) atoms. The van der Waals surface area contributed by atoms with Gasteiger partial charge in [-0.3, -0.25) is 9.20 Å². The number of amides is 1. The predicted molar refractivity (Wildman–Crippen MR) is 89.6 cm³/mol. The van der Waals surface area contributed by atoms with E-state index in [1.54, 1.807) is 12.3 Å². The number of benzene rings is 1. The van der Waals surface area contributed by atoms with Crippen LogP contribution in [0.15, 0.2) is 42.7 Å². The zero-order valence-corrected chi connectivity index (χ0v) is 13.3. The molecule has 0 spiro atoms. The number of pyridine rings is 1. The third-order valence-electron chi connectivity index (χ3n) is 4.54. The van der Waals surface area contributed by atoms with E-state index in [-0.39, 0.29) is 11.9 Å². The molecule has 1 aromatic carbocycles. The molecular formula is C19H16N4O. The summed E-state index contributed by atoms with van der Waals surface area (Å²) in [7, 11) is 0. The van der Waals surface area contributed by atoms with Gasteiger partial charge in [0, 0.05) is 6.20 Å². The summed E-state index contributed by atoms with van der Waals surface area (Å²) in [4.78, 5) is 17.0. The third kappa shape index (κ3) is 2.33. The first kappa shape index (κ1) is 14.5. The van der Waals surface area contributed by atoms with E-state index < -0.39 is 0 Å². The molecule has 1 N–H and O–H groups in total. The first-order valence-electron chi connectivity index (χ1n) is 7.93. The van der Waals surface area contributed by atoms with Gasteiger partial charge in [-0.2, -0.15) is 5.26 Å². The Kier molecular flexibility index (Phi) is 3.31. The summed E-state index contributed by atoms with van der Waals surface area (Å²) in [6.45, 7) is 1.99. The smallest absolute Gasteiger partial charge is 0.270 e. The first-order valence-corrected chi connectivity index (χ1v) is 7.93. The lowest BCUT2D eigenvalue weighted by Gasteiger charge is -2.14. The van der Waals surface area contributed by atoms with Crippen molar-refractivity contribution in [3.8, 4) is 6.07 Å². The SMILES string of the molecule is Cc1ccc2ncc(C(=O)N[C@@H]3CCc4cc(C#N)ccc43)n2c1. The summed E-state index contributed by atoms with van der Waals surface area (Å²) in [6.07, 6.45) is 5.26. The Morgan fingerprint density at radius 3 is 3.08 bits per heavy atom. The van der Waals surface area contributed by atoms with Gasteiger partial charge in [-0.15, -0.1) is 0 Å². The van der Waals surface area contributed by atoms with Crippen LogP contribution in [-0.2, 0) is 6.42 Å². The minimum absolute atomic E-state index is 0.0180. The van der Waals surface area contributed by atoms with Crippen molar-refractivity contribution < 1.29 is 4.79 Å². The molecule has 0 bridgehead atoms. The van der Waals surface area contributed by atoms with Crippen molar-refractivity contribution in [3.05, 3.63) is 70.7 Å². The lowest BCUT2D eigenvalue weighted by Crippen LogP contribution is -2.28. The quantitative estimate of drug-likeness (QED) is 0.790. The molecule has 0 fully saturated rings. The van der Waals surface area contributed by atoms with Gasteiger partial charge in [-0.1, -0.05) is 12.1 Å². The molecule has 118 valence electrons. The summed E-state index contributed by atoms with van der Waals surface area (Å²) in [5, 5.41) is 12.1. The number of nitrogens with zero attached hydrogens (tertiary/aromatic N) is 3. The van der Waals surface area contributed by atoms with Crippen molar-refractivity contribution in [1.29, 1.82) is 5.26 Å². The maximum absolute atomic E-state index is 12.7. The summed E-state index contributed by atoms with van der Waals surface area (Å²) in [5.74, 6) is -0.129. The molecule has 0 radical (unpaired) electrons. The van der Waals surface area contributed by atoms with E-state index >= 15 is 0 Å². The number of fused-ring (bicyclic) bond motifs is 2. The largest absolute Gasteiger partial charge is 0.344 e. The Bertz CT molecular complexity index is 996. The normalized spacial score (nSPS) is 15.9. The fourth-order valence-electron chi connectivity index (χ4n) is 3.32. The molecule has 2 heterocycles. The van der Waals surface area contributed by atoms with Crippen LogP contribution >= 0.6 is 0 Å². The van der Waals surface area contributed by atoms with Gasteiger partial charge in [0.05, 0.1) is 23.9 Å². The van der Waals surface area contributed by atoms with E-state index in [1.807, 2.05) is 41.8 Å². The van der Waals surface area contributed by atoms with Crippen LogP contribution in [0.5, 0.6) is 0 Å². The number of nitriles is 1. The molecule has 0 saturated heterocycles. The molecule has 0 aliphatic heterocycles. The van der Waals surface area contributed by atoms with Crippen molar-refractivity contribution in [3.63, 3.8) is 0 Å². The zero-order chi connectivity index (χ0) is 16.7. The topological polar surface area (TPSA) is 70.2 Å². The molecule has 1 aliphatic carbocycles. The number of carbonyl (C=O) groups is 1. The standard InChI is InChI=1S/C19H16N4O/c1-12-2-7-18-21-10-17(23(18)11-12)19(24)22-16-6-4-14-8-13(9-20)3-5-15(14)16/h2-3,5,7-8,10-11,16H,4,6H2,1H3,(H,22,24)/t16-/m1/s1. The Morgan fingerprint density at radius 1 is 1.38 bits per heavy atom. The Hall–Kier alpha value is -3.13. The number of hydrogen-bond acceptors (Lipinski definition) is 3. The van der Waals surface area contributed by atoms with Crippen molar-refractivity contribution in [2.45, 2.75) is 25.8 Å². The molecule has 5 heteroatoms. The zero-order valence-electron chi connectivity index (χ0n) is 13.3. The second-order valence-corrected chi connectivity index (χ2v) is 6.17. The van der Waals surface area contributed by atoms with E-state index in [2.05, 4.69) is 16.4 Å². The second kappa shape index (κ2) is 5.50. The van der Waals surface area contributed by atoms with Crippen molar-refractivity contribution in [2.24, 2.45) is 0 Å². The molecule has 5 nitrogen and oxygen atoms in total. The lowest BCUT2D eigenvalue weighted by atomic mass is 10.1. The van der Waals surface area contributed by atoms with Gasteiger partial charge >= 0.3 is 0 Å². The molecule has 4 rings (SSSR count). The van der Waals surface area contributed by atoms with Gasteiger partial charge in [0.15, 0.2) is 0 Å². The number of carbonyl (C=O) groups excluding carboxylic acids is 1. The van der Waals surface area contributed by atoms with Crippen LogP contribution in [0.3, 0.4) is 0 Å². The van der Waals surface area contributed by atoms with Gasteiger partial charge < -0.3 is 5.32 Å². The molecule has 2 aromatic heterocycles. The summed E-state index contributed by atoms with van der Waals surface area (Å²) in [5.41, 5.74) is 5.29. The Morgan fingerprint density at radius 2 is 2.25 bits per heavy atom. The fraction of sp³-hybridized carbons (Fsp3) is 0.211. The molecule has 0 unspecified atom stereocenters. The highest BCUT2D eigenvalue weighted by Gasteiger charge is 2.25. The Balaban J connectivity index is 1.62. The van der Waals surface area contributed by atoms with Gasteiger partial charge in [-0.05, 0) is 54.7 Å². The maximum Gasteiger partial charge on any atom is 0.270 e. The van der Waals surface area contributed by atoms with Crippen LogP contribution in [0.4, 0.5) is 0 Å². The highest BCUT2D eigenvalue weighted by atomic mass is 16.2. The number of aryl methyl sites for hydroxylation is 2. The van der Waals surface area contributed by atoms with Gasteiger partial charge in [-0.25, -0.2) is 4.98 Å². The molecule has 1 aliphatic rings. The molecular weight excluding hydrogens is 300 g/mol. The fourth-order valence-corrected chi connectivity index (χ4v) is 3.32. The molecule has 3 aromatic rings. The molecule has 1 atom stereocenters. The van der Waals surface area contributed by atoms with Crippen molar-refractivity contribution in [2.75, 3.05) is 0 Å².